The van der Waals surface area contributed by atoms with Crippen LogP contribution in [-0.2, 0) is 9.53 Å². The molecule has 0 bridgehead atoms. The first-order valence-corrected chi connectivity index (χ1v) is 10.2. The minimum absolute atomic E-state index is 0.0974. The number of likely N-dealkylation sites (N-methyl/N-ethyl adjacent to an activating group) is 1. The van der Waals surface area contributed by atoms with Gasteiger partial charge >= 0.3 is 0 Å². The summed E-state index contributed by atoms with van der Waals surface area (Å²) in [5, 5.41) is 2.99. The van der Waals surface area contributed by atoms with Gasteiger partial charge in [-0.3, -0.25) is 4.79 Å². The van der Waals surface area contributed by atoms with Crippen molar-refractivity contribution >= 4 is 11.6 Å². The summed E-state index contributed by atoms with van der Waals surface area (Å²) < 4.78 is 11.7. The van der Waals surface area contributed by atoms with Crippen molar-refractivity contribution in [1.82, 2.24) is 4.90 Å². The summed E-state index contributed by atoms with van der Waals surface area (Å²) in [6, 6.07) is 7.54. The first-order valence-electron chi connectivity index (χ1n) is 10.2. The number of amides is 1. The molecule has 0 unspecified atom stereocenters. The van der Waals surface area contributed by atoms with Crippen molar-refractivity contribution in [3.63, 3.8) is 0 Å². The Morgan fingerprint density at radius 3 is 2.26 bits per heavy atom. The molecule has 1 aromatic carbocycles. The number of carbonyl (C=O) groups excluding carboxylic acids is 1. The van der Waals surface area contributed by atoms with Crippen LogP contribution in [0.15, 0.2) is 24.3 Å². The standard InChI is InChI=1S/C22H38N2O3/c1-7-15-27-22(6,17-18(4)5)21(25)23-19-10-12-20(13-11-19)26-16-14-24(8-2)9-3/h10-13,18H,7-9,14-17H2,1-6H3,(H,23,25)/t22-/m1/s1. The number of rotatable bonds is 13. The molecule has 0 aliphatic heterocycles. The fourth-order valence-electron chi connectivity index (χ4n) is 3.05. The predicted molar refractivity (Wildman–Crippen MR) is 112 cm³/mol. The second-order valence-corrected chi connectivity index (χ2v) is 7.53. The van der Waals surface area contributed by atoms with Gasteiger partial charge in [-0.05, 0) is 63.0 Å². The lowest BCUT2D eigenvalue weighted by atomic mass is 9.93. The van der Waals surface area contributed by atoms with Crippen LogP contribution < -0.4 is 10.1 Å². The SMILES string of the molecule is CCCO[C@](C)(CC(C)C)C(=O)Nc1ccc(OCCN(CC)CC)cc1. The van der Waals surface area contributed by atoms with Gasteiger partial charge in [-0.2, -0.15) is 0 Å². The molecular weight excluding hydrogens is 340 g/mol. The molecule has 5 nitrogen and oxygen atoms in total. The fourth-order valence-corrected chi connectivity index (χ4v) is 3.05. The molecule has 0 aliphatic rings. The highest BCUT2D eigenvalue weighted by molar-refractivity contribution is 5.97. The largest absolute Gasteiger partial charge is 0.492 e. The first-order chi connectivity index (χ1) is 12.8. The molecule has 1 amide bonds. The maximum absolute atomic E-state index is 12.8. The van der Waals surface area contributed by atoms with E-state index in [2.05, 4.69) is 37.9 Å². The molecule has 0 heterocycles. The molecule has 0 spiro atoms. The van der Waals surface area contributed by atoms with E-state index < -0.39 is 5.60 Å². The van der Waals surface area contributed by atoms with E-state index >= 15 is 0 Å². The van der Waals surface area contributed by atoms with Crippen LogP contribution >= 0.6 is 0 Å². The minimum atomic E-state index is -0.816. The van der Waals surface area contributed by atoms with Gasteiger partial charge in [0.05, 0.1) is 0 Å². The lowest BCUT2D eigenvalue weighted by Gasteiger charge is -2.30. The van der Waals surface area contributed by atoms with Gasteiger partial charge < -0.3 is 19.7 Å². The Kier molecular flexibility index (Phi) is 10.4. The van der Waals surface area contributed by atoms with Gasteiger partial charge in [0, 0.05) is 18.8 Å². The molecule has 154 valence electrons. The van der Waals surface area contributed by atoms with Crippen LogP contribution in [0.2, 0.25) is 0 Å². The molecular formula is C22H38N2O3. The molecule has 0 saturated heterocycles. The van der Waals surface area contributed by atoms with Gasteiger partial charge in [0.25, 0.3) is 5.91 Å². The third kappa shape index (κ3) is 8.31. The van der Waals surface area contributed by atoms with Crippen LogP contribution in [0.3, 0.4) is 0 Å². The number of carbonyl (C=O) groups is 1. The number of benzene rings is 1. The minimum Gasteiger partial charge on any atom is -0.492 e. The molecule has 1 atom stereocenters. The van der Waals surface area contributed by atoms with Crippen LogP contribution in [0.4, 0.5) is 5.69 Å². The number of anilines is 1. The lowest BCUT2D eigenvalue weighted by Crippen LogP contribution is -2.44. The van der Waals surface area contributed by atoms with Crippen LogP contribution in [0.25, 0.3) is 0 Å². The quantitative estimate of drug-likeness (QED) is 0.546. The fraction of sp³-hybridized carbons (Fsp3) is 0.682. The summed E-state index contributed by atoms with van der Waals surface area (Å²) in [4.78, 5) is 15.1. The third-order valence-electron chi connectivity index (χ3n) is 4.59. The van der Waals surface area contributed by atoms with Crippen LogP contribution in [-0.4, -0.2) is 49.3 Å². The normalized spacial score (nSPS) is 13.6. The van der Waals surface area contributed by atoms with E-state index in [-0.39, 0.29) is 5.91 Å². The zero-order valence-electron chi connectivity index (χ0n) is 18.0. The summed E-state index contributed by atoms with van der Waals surface area (Å²) in [5.41, 5.74) is -0.0606. The van der Waals surface area contributed by atoms with E-state index in [4.69, 9.17) is 9.47 Å². The second-order valence-electron chi connectivity index (χ2n) is 7.53. The Labute approximate surface area is 165 Å². The van der Waals surface area contributed by atoms with Crippen molar-refractivity contribution in [1.29, 1.82) is 0 Å². The summed E-state index contributed by atoms with van der Waals surface area (Å²) in [5.74, 6) is 1.09. The molecule has 0 radical (unpaired) electrons. The average molecular weight is 379 g/mol. The highest BCUT2D eigenvalue weighted by atomic mass is 16.5. The van der Waals surface area contributed by atoms with Crippen molar-refractivity contribution in [3.8, 4) is 5.75 Å². The number of nitrogens with one attached hydrogen (secondary N) is 1. The molecule has 5 heteroatoms. The number of ether oxygens (including phenoxy) is 2. The predicted octanol–water partition coefficient (Wildman–Crippen LogP) is 4.58. The smallest absolute Gasteiger partial charge is 0.256 e. The zero-order valence-corrected chi connectivity index (χ0v) is 18.0. The third-order valence-corrected chi connectivity index (χ3v) is 4.59. The maximum atomic E-state index is 12.8. The Balaban J connectivity index is 2.62. The van der Waals surface area contributed by atoms with E-state index in [1.54, 1.807) is 0 Å². The number of nitrogens with zero attached hydrogens (tertiary/aromatic N) is 1. The highest BCUT2D eigenvalue weighted by Crippen LogP contribution is 2.24. The zero-order chi connectivity index (χ0) is 20.3. The van der Waals surface area contributed by atoms with Crippen molar-refractivity contribution < 1.29 is 14.3 Å². The van der Waals surface area contributed by atoms with Gasteiger partial charge in [-0.25, -0.2) is 0 Å². The van der Waals surface area contributed by atoms with Gasteiger partial charge in [-0.15, -0.1) is 0 Å². The highest BCUT2D eigenvalue weighted by Gasteiger charge is 2.34. The molecule has 0 aliphatic carbocycles. The number of hydrogen-bond donors (Lipinski definition) is 1. The van der Waals surface area contributed by atoms with E-state index in [0.717, 1.165) is 37.5 Å². The van der Waals surface area contributed by atoms with Crippen LogP contribution in [0, 0.1) is 5.92 Å². The van der Waals surface area contributed by atoms with Crippen molar-refractivity contribution in [2.24, 2.45) is 5.92 Å². The molecule has 1 rings (SSSR count). The van der Waals surface area contributed by atoms with Crippen molar-refractivity contribution in [2.45, 2.75) is 60.0 Å². The van der Waals surface area contributed by atoms with Gasteiger partial charge in [0.15, 0.2) is 0 Å². The molecule has 1 aromatic rings. The molecule has 0 aromatic heterocycles. The van der Waals surface area contributed by atoms with Crippen molar-refractivity contribution in [2.75, 3.05) is 38.2 Å². The Morgan fingerprint density at radius 1 is 1.11 bits per heavy atom. The van der Waals surface area contributed by atoms with Crippen LogP contribution in [0.1, 0.15) is 54.4 Å². The Bertz CT molecular complexity index is 541. The lowest BCUT2D eigenvalue weighted by molar-refractivity contribution is -0.141. The first kappa shape index (κ1) is 23.4. The second kappa shape index (κ2) is 12.0. The monoisotopic (exact) mass is 378 g/mol. The molecule has 1 N–H and O–H groups in total. The van der Waals surface area contributed by atoms with E-state index in [9.17, 15) is 4.79 Å². The van der Waals surface area contributed by atoms with Gasteiger partial charge in [0.2, 0.25) is 0 Å². The summed E-state index contributed by atoms with van der Waals surface area (Å²) >= 11 is 0. The maximum Gasteiger partial charge on any atom is 0.256 e. The Morgan fingerprint density at radius 2 is 1.74 bits per heavy atom. The van der Waals surface area contributed by atoms with Gasteiger partial charge in [0.1, 0.15) is 18.0 Å². The van der Waals surface area contributed by atoms with E-state index in [1.165, 1.54) is 0 Å². The summed E-state index contributed by atoms with van der Waals surface area (Å²) in [7, 11) is 0. The summed E-state index contributed by atoms with van der Waals surface area (Å²) in [6.07, 6.45) is 1.58. The Hall–Kier alpha value is -1.59. The van der Waals surface area contributed by atoms with Gasteiger partial charge in [-0.1, -0.05) is 34.6 Å². The molecule has 0 fully saturated rings. The average Bonchev–Trinajstić information content (AvgIpc) is 2.64. The van der Waals surface area contributed by atoms with Crippen molar-refractivity contribution in [3.05, 3.63) is 24.3 Å². The van der Waals surface area contributed by atoms with Crippen LogP contribution in [0.5, 0.6) is 5.75 Å². The summed E-state index contributed by atoms with van der Waals surface area (Å²) in [6.45, 7) is 16.6. The van der Waals surface area contributed by atoms with E-state index in [1.807, 2.05) is 38.1 Å². The topological polar surface area (TPSA) is 50.8 Å². The number of hydrogen-bond acceptors (Lipinski definition) is 4. The van der Waals surface area contributed by atoms with E-state index in [0.29, 0.717) is 25.6 Å². The molecule has 0 saturated carbocycles. The molecule has 27 heavy (non-hydrogen) atoms.